The molecule has 88 valence electrons. The molecule has 16 heavy (non-hydrogen) atoms. The van der Waals surface area contributed by atoms with Gasteiger partial charge in [-0.25, -0.2) is 4.98 Å². The second kappa shape index (κ2) is 4.15. The molecule has 1 N–H and O–H groups in total. The minimum Gasteiger partial charge on any atom is -0.373 e. The van der Waals surface area contributed by atoms with Gasteiger partial charge in [-0.15, -0.1) is 0 Å². The van der Waals surface area contributed by atoms with Crippen LogP contribution in [-0.2, 0) is 6.42 Å². The van der Waals surface area contributed by atoms with Crippen molar-refractivity contribution in [1.29, 1.82) is 0 Å². The lowest BCUT2D eigenvalue weighted by Gasteiger charge is -2.24. The number of aliphatic hydroxyl groups is 1. The van der Waals surface area contributed by atoms with Crippen LogP contribution in [-0.4, -0.2) is 14.7 Å². The van der Waals surface area contributed by atoms with Gasteiger partial charge in [-0.05, 0) is 48.0 Å². The molecule has 0 spiro atoms. The van der Waals surface area contributed by atoms with E-state index in [1.54, 1.807) is 0 Å². The molecule has 3 rings (SSSR count). The highest BCUT2D eigenvalue weighted by atomic mass is 79.9. The predicted octanol–water partition coefficient (Wildman–Crippen LogP) is 3.13. The van der Waals surface area contributed by atoms with Crippen LogP contribution < -0.4 is 0 Å². The van der Waals surface area contributed by atoms with Gasteiger partial charge >= 0.3 is 0 Å². The Morgan fingerprint density at radius 2 is 1.94 bits per heavy atom. The number of imidazole rings is 1. The summed E-state index contributed by atoms with van der Waals surface area (Å²) in [6.07, 6.45) is 7.70. The van der Waals surface area contributed by atoms with Crippen molar-refractivity contribution in [1.82, 2.24) is 9.55 Å². The minimum atomic E-state index is -0.349. The van der Waals surface area contributed by atoms with E-state index in [1.165, 1.54) is 31.4 Å². The molecule has 0 saturated heterocycles. The van der Waals surface area contributed by atoms with Crippen LogP contribution in [0.1, 0.15) is 62.2 Å². The molecule has 2 heterocycles. The van der Waals surface area contributed by atoms with E-state index in [4.69, 9.17) is 0 Å². The van der Waals surface area contributed by atoms with E-state index >= 15 is 0 Å². The summed E-state index contributed by atoms with van der Waals surface area (Å²) in [5, 5.41) is 10.1. The maximum absolute atomic E-state index is 10.1. The molecule has 0 aromatic carbocycles. The highest BCUT2D eigenvalue weighted by Gasteiger charge is 2.29. The Balaban J connectivity index is 2.04. The molecule has 1 aliphatic carbocycles. The van der Waals surface area contributed by atoms with Gasteiger partial charge in [0.25, 0.3) is 0 Å². The summed E-state index contributed by atoms with van der Waals surface area (Å²) < 4.78 is 3.04. The van der Waals surface area contributed by atoms with Gasteiger partial charge in [0.15, 0.2) is 0 Å². The fourth-order valence-corrected chi connectivity index (χ4v) is 3.64. The molecule has 1 fully saturated rings. The van der Waals surface area contributed by atoms with E-state index in [2.05, 4.69) is 25.5 Å². The van der Waals surface area contributed by atoms with Crippen molar-refractivity contribution < 1.29 is 5.11 Å². The molecule has 1 aromatic heterocycles. The second-order valence-electron chi connectivity index (χ2n) is 4.93. The minimum absolute atomic E-state index is 0.349. The van der Waals surface area contributed by atoms with Gasteiger partial charge < -0.3 is 9.67 Å². The Bertz CT molecular complexity index is 396. The van der Waals surface area contributed by atoms with Gasteiger partial charge in [-0.2, -0.15) is 0 Å². The third-order valence-electron chi connectivity index (χ3n) is 3.88. The monoisotopic (exact) mass is 284 g/mol. The fraction of sp³-hybridized carbons (Fsp3) is 0.750. The predicted molar refractivity (Wildman–Crippen MR) is 65.3 cm³/mol. The number of hydrogen-bond donors (Lipinski definition) is 1. The first-order chi connectivity index (χ1) is 7.77. The Hall–Kier alpha value is -0.350. The van der Waals surface area contributed by atoms with E-state index in [9.17, 15) is 5.11 Å². The summed E-state index contributed by atoms with van der Waals surface area (Å²) in [6, 6.07) is 0. The lowest BCUT2D eigenvalue weighted by Crippen LogP contribution is -2.20. The maximum Gasteiger partial charge on any atom is 0.132 e. The summed E-state index contributed by atoms with van der Waals surface area (Å²) >= 11 is 3.53. The molecule has 1 atom stereocenters. The van der Waals surface area contributed by atoms with Crippen LogP contribution in [0.25, 0.3) is 0 Å². The van der Waals surface area contributed by atoms with Gasteiger partial charge in [0, 0.05) is 5.92 Å². The molecule has 2 aliphatic rings. The molecule has 4 heteroatoms. The second-order valence-corrected chi connectivity index (χ2v) is 5.68. The Morgan fingerprint density at radius 3 is 2.69 bits per heavy atom. The first-order valence-electron chi connectivity index (χ1n) is 6.22. The quantitative estimate of drug-likeness (QED) is 0.860. The third-order valence-corrected chi connectivity index (χ3v) is 4.52. The molecule has 1 unspecified atom stereocenters. The highest BCUT2D eigenvalue weighted by molar-refractivity contribution is 9.10. The van der Waals surface area contributed by atoms with E-state index in [0.29, 0.717) is 5.92 Å². The van der Waals surface area contributed by atoms with Crippen LogP contribution in [0.15, 0.2) is 4.60 Å². The van der Waals surface area contributed by atoms with E-state index in [-0.39, 0.29) is 6.23 Å². The number of fused-ring (bicyclic) bond motifs is 1. The van der Waals surface area contributed by atoms with Crippen molar-refractivity contribution in [3.63, 3.8) is 0 Å². The Morgan fingerprint density at radius 1 is 1.19 bits per heavy atom. The van der Waals surface area contributed by atoms with Crippen LogP contribution in [0.2, 0.25) is 0 Å². The molecule has 0 radical (unpaired) electrons. The largest absolute Gasteiger partial charge is 0.373 e. The van der Waals surface area contributed by atoms with E-state index < -0.39 is 0 Å². The van der Waals surface area contributed by atoms with Gasteiger partial charge in [0.05, 0.1) is 5.69 Å². The average Bonchev–Trinajstić information content (AvgIpc) is 2.87. The van der Waals surface area contributed by atoms with Crippen LogP contribution >= 0.6 is 15.9 Å². The van der Waals surface area contributed by atoms with Crippen LogP contribution in [0.5, 0.6) is 0 Å². The van der Waals surface area contributed by atoms with Crippen molar-refractivity contribution in [3.05, 3.63) is 16.1 Å². The lowest BCUT2D eigenvalue weighted by molar-refractivity contribution is 0.0744. The standard InChI is InChI=1S/C12H17BrN2O/c13-11-9-6-3-7-10(16)15(9)12(14-11)8-4-1-2-5-8/h8,10,16H,1-7H2. The molecular weight excluding hydrogens is 268 g/mol. The summed E-state index contributed by atoms with van der Waals surface area (Å²) in [7, 11) is 0. The summed E-state index contributed by atoms with van der Waals surface area (Å²) in [4.78, 5) is 4.64. The number of nitrogens with zero attached hydrogens (tertiary/aromatic N) is 2. The highest BCUT2D eigenvalue weighted by Crippen LogP contribution is 2.39. The van der Waals surface area contributed by atoms with Gasteiger partial charge in [-0.1, -0.05) is 12.8 Å². The molecule has 3 nitrogen and oxygen atoms in total. The fourth-order valence-electron chi connectivity index (χ4n) is 3.07. The zero-order valence-corrected chi connectivity index (χ0v) is 10.9. The summed E-state index contributed by atoms with van der Waals surface area (Å²) in [5.74, 6) is 1.68. The van der Waals surface area contributed by atoms with Crippen LogP contribution in [0, 0.1) is 0 Å². The molecule has 1 aliphatic heterocycles. The first kappa shape index (κ1) is 10.8. The van der Waals surface area contributed by atoms with Crippen molar-refractivity contribution in [2.45, 2.75) is 57.1 Å². The zero-order valence-electron chi connectivity index (χ0n) is 9.32. The third kappa shape index (κ3) is 1.63. The van der Waals surface area contributed by atoms with Gasteiger partial charge in [-0.3, -0.25) is 0 Å². The molecule has 0 bridgehead atoms. The van der Waals surface area contributed by atoms with Crippen molar-refractivity contribution in [2.24, 2.45) is 0 Å². The number of aromatic nitrogens is 2. The molecular formula is C12H17BrN2O. The Labute approximate surface area is 104 Å². The number of hydrogen-bond acceptors (Lipinski definition) is 2. The SMILES string of the molecule is OC1CCCc2c(Br)nc(C3CCCC3)n21. The van der Waals surface area contributed by atoms with Crippen molar-refractivity contribution in [2.75, 3.05) is 0 Å². The Kier molecular flexibility index (Phi) is 2.80. The summed E-state index contributed by atoms with van der Waals surface area (Å²) in [6.45, 7) is 0. The number of aliphatic hydroxyl groups excluding tert-OH is 1. The van der Waals surface area contributed by atoms with Crippen LogP contribution in [0.3, 0.4) is 0 Å². The average molecular weight is 285 g/mol. The first-order valence-corrected chi connectivity index (χ1v) is 7.01. The summed E-state index contributed by atoms with van der Waals surface area (Å²) in [5.41, 5.74) is 1.20. The molecule has 0 amide bonds. The van der Waals surface area contributed by atoms with E-state index in [0.717, 1.165) is 29.7 Å². The van der Waals surface area contributed by atoms with Gasteiger partial charge in [0.2, 0.25) is 0 Å². The lowest BCUT2D eigenvalue weighted by atomic mass is 10.1. The maximum atomic E-state index is 10.1. The molecule has 1 aromatic rings. The van der Waals surface area contributed by atoms with Gasteiger partial charge in [0.1, 0.15) is 16.7 Å². The van der Waals surface area contributed by atoms with Crippen LogP contribution in [0.4, 0.5) is 0 Å². The van der Waals surface area contributed by atoms with Crippen molar-refractivity contribution >= 4 is 15.9 Å². The van der Waals surface area contributed by atoms with E-state index in [1.807, 2.05) is 0 Å². The number of rotatable bonds is 1. The smallest absolute Gasteiger partial charge is 0.132 e. The normalized spacial score (nSPS) is 26.0. The van der Waals surface area contributed by atoms with Crippen molar-refractivity contribution in [3.8, 4) is 0 Å². The topological polar surface area (TPSA) is 38.1 Å². The zero-order chi connectivity index (χ0) is 11.1. The number of halogens is 1. The molecule has 1 saturated carbocycles.